The van der Waals surface area contributed by atoms with Gasteiger partial charge in [-0.25, -0.2) is 4.79 Å². The number of carbonyl (C=O) groups excluding carboxylic acids is 2. The zero-order chi connectivity index (χ0) is 16.2. The molecule has 0 aliphatic rings. The van der Waals surface area contributed by atoms with Crippen molar-refractivity contribution in [2.24, 2.45) is 0 Å². The summed E-state index contributed by atoms with van der Waals surface area (Å²) in [6.45, 7) is 6.92. The van der Waals surface area contributed by atoms with E-state index in [0.717, 1.165) is 0 Å². The minimum Gasteiger partial charge on any atom is -0.496 e. The topological polar surface area (TPSA) is 64.6 Å². The summed E-state index contributed by atoms with van der Waals surface area (Å²) in [5.74, 6) is -0.188. The first-order chi connectivity index (χ1) is 9.64. The van der Waals surface area contributed by atoms with Crippen molar-refractivity contribution in [2.75, 3.05) is 7.11 Å². The van der Waals surface area contributed by atoms with E-state index in [9.17, 15) is 9.59 Å². The van der Waals surface area contributed by atoms with Gasteiger partial charge in [0.2, 0.25) is 0 Å². The van der Waals surface area contributed by atoms with Crippen molar-refractivity contribution in [2.45, 2.75) is 39.3 Å². The fourth-order valence-corrected chi connectivity index (χ4v) is 2.08. The number of nitrogens with one attached hydrogen (secondary N) is 1. The molecule has 1 N–H and O–H groups in total. The van der Waals surface area contributed by atoms with Crippen molar-refractivity contribution in [3.8, 4) is 5.75 Å². The van der Waals surface area contributed by atoms with E-state index in [1.54, 1.807) is 53.0 Å². The molecule has 0 aliphatic heterocycles. The van der Waals surface area contributed by atoms with Crippen LogP contribution in [0, 0.1) is 0 Å². The zero-order valence-electron chi connectivity index (χ0n) is 12.8. The maximum atomic E-state index is 12.1. The van der Waals surface area contributed by atoms with Crippen LogP contribution in [0.15, 0.2) is 22.7 Å². The molecule has 1 rings (SSSR count). The molecule has 0 unspecified atom stereocenters. The molecule has 0 radical (unpaired) electrons. The highest BCUT2D eigenvalue weighted by atomic mass is 79.9. The summed E-state index contributed by atoms with van der Waals surface area (Å²) in [6.07, 6.45) is 0. The Bertz CT molecular complexity index is 537. The number of halogens is 1. The average molecular weight is 358 g/mol. The van der Waals surface area contributed by atoms with Gasteiger partial charge in [0.1, 0.15) is 17.4 Å². The molecule has 1 amide bonds. The summed E-state index contributed by atoms with van der Waals surface area (Å²) in [6, 6.07) is 4.21. The number of benzene rings is 1. The highest BCUT2D eigenvalue weighted by molar-refractivity contribution is 9.10. The Morgan fingerprint density at radius 1 is 1.29 bits per heavy atom. The first-order valence-corrected chi connectivity index (χ1v) is 7.30. The molecule has 0 fully saturated rings. The summed E-state index contributed by atoms with van der Waals surface area (Å²) in [7, 11) is 1.55. The molecule has 5 nitrogen and oxygen atoms in total. The van der Waals surface area contributed by atoms with Crippen molar-refractivity contribution >= 4 is 27.8 Å². The lowest BCUT2D eigenvalue weighted by Crippen LogP contribution is -2.42. The third-order valence-corrected chi connectivity index (χ3v) is 3.14. The summed E-state index contributed by atoms with van der Waals surface area (Å²) >= 11 is 3.31. The lowest BCUT2D eigenvalue weighted by Gasteiger charge is -2.22. The second kappa shape index (κ2) is 6.93. The molecule has 0 bridgehead atoms. The van der Waals surface area contributed by atoms with Crippen LogP contribution in [0.5, 0.6) is 5.75 Å². The Morgan fingerprint density at radius 2 is 1.90 bits per heavy atom. The van der Waals surface area contributed by atoms with E-state index in [1.165, 1.54) is 0 Å². The van der Waals surface area contributed by atoms with E-state index < -0.39 is 17.6 Å². The molecule has 0 spiro atoms. The molecule has 0 heterocycles. The molecule has 21 heavy (non-hydrogen) atoms. The van der Waals surface area contributed by atoms with E-state index in [0.29, 0.717) is 15.8 Å². The van der Waals surface area contributed by atoms with Crippen LogP contribution in [0.1, 0.15) is 38.1 Å². The van der Waals surface area contributed by atoms with Crippen LogP contribution in [0.3, 0.4) is 0 Å². The van der Waals surface area contributed by atoms with Gasteiger partial charge in [0, 0.05) is 5.56 Å². The number of hydrogen-bond donors (Lipinski definition) is 1. The number of hydrogen-bond acceptors (Lipinski definition) is 4. The molecular formula is C15H20BrNO4. The first kappa shape index (κ1) is 17.5. The predicted octanol–water partition coefficient (Wildman–Crippen LogP) is 2.92. The highest BCUT2D eigenvalue weighted by Crippen LogP contribution is 2.25. The second-order valence-corrected chi connectivity index (χ2v) is 6.43. The number of esters is 1. The molecule has 1 aromatic carbocycles. The van der Waals surface area contributed by atoms with Gasteiger partial charge in [-0.2, -0.15) is 0 Å². The molecule has 116 valence electrons. The number of ether oxygens (including phenoxy) is 2. The van der Waals surface area contributed by atoms with E-state index in [4.69, 9.17) is 9.47 Å². The maximum absolute atomic E-state index is 12.1. The Kier molecular flexibility index (Phi) is 5.78. The summed E-state index contributed by atoms with van der Waals surface area (Å²) in [4.78, 5) is 23.9. The molecule has 1 atom stereocenters. The largest absolute Gasteiger partial charge is 0.496 e. The number of rotatable bonds is 4. The van der Waals surface area contributed by atoms with E-state index in [-0.39, 0.29) is 5.91 Å². The van der Waals surface area contributed by atoms with Gasteiger partial charge in [0.25, 0.3) is 5.91 Å². The average Bonchev–Trinajstić information content (AvgIpc) is 2.36. The zero-order valence-corrected chi connectivity index (χ0v) is 14.4. The van der Waals surface area contributed by atoms with Crippen LogP contribution < -0.4 is 10.1 Å². The number of amides is 1. The highest BCUT2D eigenvalue weighted by Gasteiger charge is 2.23. The van der Waals surface area contributed by atoms with E-state index in [2.05, 4.69) is 21.2 Å². The minimum atomic E-state index is -0.724. The summed E-state index contributed by atoms with van der Waals surface area (Å²) < 4.78 is 11.0. The fourth-order valence-electron chi connectivity index (χ4n) is 1.54. The fraction of sp³-hybridized carbons (Fsp3) is 0.467. The Morgan fingerprint density at radius 3 is 2.38 bits per heavy atom. The summed E-state index contributed by atoms with van der Waals surface area (Å²) in [5, 5.41) is 2.61. The molecule has 6 heteroatoms. The van der Waals surface area contributed by atoms with Crippen LogP contribution in [0.4, 0.5) is 0 Å². The van der Waals surface area contributed by atoms with Crippen LogP contribution >= 0.6 is 15.9 Å². The van der Waals surface area contributed by atoms with Crippen LogP contribution in [0.25, 0.3) is 0 Å². The Balaban J connectivity index is 2.72. The molecule has 0 saturated heterocycles. The Labute approximate surface area is 133 Å². The van der Waals surface area contributed by atoms with Crippen LogP contribution in [0.2, 0.25) is 0 Å². The monoisotopic (exact) mass is 357 g/mol. The first-order valence-electron chi connectivity index (χ1n) is 6.51. The molecule has 1 aromatic rings. The third-order valence-electron chi connectivity index (χ3n) is 2.52. The lowest BCUT2D eigenvalue weighted by molar-refractivity contribution is -0.156. The van der Waals surface area contributed by atoms with Gasteiger partial charge in [0.05, 0.1) is 11.6 Å². The molecular weight excluding hydrogens is 338 g/mol. The van der Waals surface area contributed by atoms with Gasteiger partial charge < -0.3 is 14.8 Å². The van der Waals surface area contributed by atoms with Gasteiger partial charge in [-0.15, -0.1) is 0 Å². The smallest absolute Gasteiger partial charge is 0.328 e. The SMILES string of the molecule is COc1ccc(C(=O)N[C@@H](C)C(=O)OC(C)(C)C)cc1Br. The van der Waals surface area contributed by atoms with E-state index >= 15 is 0 Å². The van der Waals surface area contributed by atoms with E-state index in [1.807, 2.05) is 0 Å². The van der Waals surface area contributed by atoms with Gasteiger partial charge in [-0.1, -0.05) is 0 Å². The lowest BCUT2D eigenvalue weighted by atomic mass is 10.1. The normalized spacial score (nSPS) is 12.5. The van der Waals surface area contributed by atoms with Crippen molar-refractivity contribution in [3.63, 3.8) is 0 Å². The molecule has 0 aliphatic carbocycles. The Hall–Kier alpha value is -1.56. The number of methoxy groups -OCH3 is 1. The quantitative estimate of drug-likeness (QED) is 0.841. The van der Waals surface area contributed by atoms with Gasteiger partial charge in [-0.3, -0.25) is 4.79 Å². The van der Waals surface area contributed by atoms with Crippen LogP contribution in [-0.4, -0.2) is 30.6 Å². The van der Waals surface area contributed by atoms with Gasteiger partial charge in [-0.05, 0) is 61.8 Å². The van der Waals surface area contributed by atoms with Crippen molar-refractivity contribution < 1.29 is 19.1 Å². The van der Waals surface area contributed by atoms with Crippen LogP contribution in [-0.2, 0) is 9.53 Å². The third kappa shape index (κ3) is 5.38. The number of carbonyl (C=O) groups is 2. The van der Waals surface area contributed by atoms with Crippen molar-refractivity contribution in [1.82, 2.24) is 5.32 Å². The maximum Gasteiger partial charge on any atom is 0.328 e. The standard InChI is InChI=1S/C15H20BrNO4/c1-9(14(19)21-15(2,3)4)17-13(18)10-6-7-12(20-5)11(16)8-10/h6-9H,1-5H3,(H,17,18)/t9-/m0/s1. The second-order valence-electron chi connectivity index (χ2n) is 5.58. The summed E-state index contributed by atoms with van der Waals surface area (Å²) in [5.41, 5.74) is -0.155. The van der Waals surface area contributed by atoms with Gasteiger partial charge >= 0.3 is 5.97 Å². The predicted molar refractivity (Wildman–Crippen MR) is 83.5 cm³/mol. The van der Waals surface area contributed by atoms with Crippen molar-refractivity contribution in [3.05, 3.63) is 28.2 Å². The minimum absolute atomic E-state index is 0.350. The molecule has 0 saturated carbocycles. The van der Waals surface area contributed by atoms with Crippen molar-refractivity contribution in [1.29, 1.82) is 0 Å². The van der Waals surface area contributed by atoms with Gasteiger partial charge in [0.15, 0.2) is 0 Å². The molecule has 0 aromatic heterocycles.